The molecular weight excluding hydrogens is 146 g/mol. The van der Waals surface area contributed by atoms with Crippen LogP contribution in [0.5, 0.6) is 0 Å². The summed E-state index contributed by atoms with van der Waals surface area (Å²) in [5, 5.41) is 19.5. The van der Waals surface area contributed by atoms with E-state index in [0.29, 0.717) is 12.8 Å². The third-order valence-electron chi connectivity index (χ3n) is 1.72. The van der Waals surface area contributed by atoms with Gasteiger partial charge < -0.3 is 5.11 Å². The standard InChI is InChI=1S/C7H15NO3/c1-3-5-7(9)6(4-2)8(10)11/h6-7,9H,3-5H2,1-2H3/t6-,7-/m0/s1. The minimum Gasteiger partial charge on any atom is -0.386 e. The average molecular weight is 161 g/mol. The molecule has 11 heavy (non-hydrogen) atoms. The Morgan fingerprint density at radius 2 is 2.09 bits per heavy atom. The lowest BCUT2D eigenvalue weighted by Gasteiger charge is -2.12. The Balaban J connectivity index is 3.91. The second kappa shape index (κ2) is 5.07. The van der Waals surface area contributed by atoms with E-state index >= 15 is 0 Å². The van der Waals surface area contributed by atoms with Crippen molar-refractivity contribution in [2.45, 2.75) is 45.3 Å². The minimum atomic E-state index is -0.782. The van der Waals surface area contributed by atoms with Gasteiger partial charge in [0.2, 0.25) is 6.04 Å². The zero-order chi connectivity index (χ0) is 8.85. The molecule has 0 aromatic heterocycles. The second-order valence-corrected chi connectivity index (χ2v) is 2.62. The van der Waals surface area contributed by atoms with E-state index < -0.39 is 17.1 Å². The summed E-state index contributed by atoms with van der Waals surface area (Å²) in [6, 6.07) is -0.782. The molecule has 2 atom stereocenters. The Hall–Kier alpha value is -0.640. The molecule has 66 valence electrons. The number of hydrogen-bond acceptors (Lipinski definition) is 3. The maximum Gasteiger partial charge on any atom is 0.238 e. The van der Waals surface area contributed by atoms with Crippen molar-refractivity contribution in [2.24, 2.45) is 0 Å². The van der Waals surface area contributed by atoms with Gasteiger partial charge in [-0.3, -0.25) is 10.1 Å². The van der Waals surface area contributed by atoms with Crippen LogP contribution < -0.4 is 0 Å². The summed E-state index contributed by atoms with van der Waals surface area (Å²) in [5.41, 5.74) is 0. The van der Waals surface area contributed by atoms with E-state index in [-0.39, 0.29) is 0 Å². The largest absolute Gasteiger partial charge is 0.386 e. The molecule has 0 radical (unpaired) electrons. The Morgan fingerprint density at radius 3 is 2.36 bits per heavy atom. The van der Waals surface area contributed by atoms with E-state index in [2.05, 4.69) is 0 Å². The summed E-state index contributed by atoms with van der Waals surface area (Å²) in [5.74, 6) is 0. The monoisotopic (exact) mass is 161 g/mol. The molecule has 4 nitrogen and oxygen atoms in total. The number of rotatable bonds is 5. The van der Waals surface area contributed by atoms with Crippen molar-refractivity contribution in [3.05, 3.63) is 10.1 Å². The minimum absolute atomic E-state index is 0.397. The third kappa shape index (κ3) is 3.32. The molecule has 0 rings (SSSR count). The molecule has 4 heteroatoms. The van der Waals surface area contributed by atoms with Gasteiger partial charge in [0.25, 0.3) is 0 Å². The Kier molecular flexibility index (Phi) is 4.77. The molecule has 1 N–H and O–H groups in total. The summed E-state index contributed by atoms with van der Waals surface area (Å²) in [6.07, 6.45) is 0.916. The van der Waals surface area contributed by atoms with E-state index in [4.69, 9.17) is 0 Å². The summed E-state index contributed by atoms with van der Waals surface area (Å²) in [7, 11) is 0. The van der Waals surface area contributed by atoms with Gasteiger partial charge in [-0.2, -0.15) is 0 Å². The zero-order valence-corrected chi connectivity index (χ0v) is 6.99. The quantitative estimate of drug-likeness (QED) is 0.486. The van der Waals surface area contributed by atoms with Crippen molar-refractivity contribution in [3.63, 3.8) is 0 Å². The van der Waals surface area contributed by atoms with Crippen molar-refractivity contribution >= 4 is 0 Å². The first-order chi connectivity index (χ1) is 5.13. The van der Waals surface area contributed by atoms with E-state index in [9.17, 15) is 15.2 Å². The summed E-state index contributed by atoms with van der Waals surface area (Å²) in [4.78, 5) is 9.89. The molecule has 0 aliphatic heterocycles. The molecule has 0 aromatic rings. The highest BCUT2D eigenvalue weighted by atomic mass is 16.6. The van der Waals surface area contributed by atoms with Gasteiger partial charge in [0, 0.05) is 11.3 Å². The van der Waals surface area contributed by atoms with E-state index in [0.717, 1.165) is 6.42 Å². The number of aliphatic hydroxyl groups is 1. The molecule has 0 unspecified atom stereocenters. The van der Waals surface area contributed by atoms with Crippen LogP contribution in [-0.2, 0) is 0 Å². The normalized spacial score (nSPS) is 15.9. The fourth-order valence-electron chi connectivity index (χ4n) is 1.05. The number of hydrogen-bond donors (Lipinski definition) is 1. The molecule has 0 aromatic carbocycles. The van der Waals surface area contributed by atoms with Crippen LogP contribution in [0, 0.1) is 10.1 Å². The lowest BCUT2D eigenvalue weighted by Crippen LogP contribution is -2.32. The second-order valence-electron chi connectivity index (χ2n) is 2.62. The molecule has 0 aliphatic rings. The van der Waals surface area contributed by atoms with Crippen molar-refractivity contribution in [2.75, 3.05) is 0 Å². The van der Waals surface area contributed by atoms with Crippen LogP contribution in [0.25, 0.3) is 0 Å². The molecule has 0 amide bonds. The van der Waals surface area contributed by atoms with E-state index in [1.165, 1.54) is 0 Å². The molecule has 0 heterocycles. The fourth-order valence-corrected chi connectivity index (χ4v) is 1.05. The highest BCUT2D eigenvalue weighted by molar-refractivity contribution is 4.65. The Bertz CT molecular complexity index is 127. The van der Waals surface area contributed by atoms with Gasteiger partial charge in [-0.15, -0.1) is 0 Å². The first-order valence-corrected chi connectivity index (χ1v) is 3.95. The molecule has 0 spiro atoms. The van der Waals surface area contributed by atoms with Gasteiger partial charge in [0.15, 0.2) is 0 Å². The first-order valence-electron chi connectivity index (χ1n) is 3.95. The summed E-state index contributed by atoms with van der Waals surface area (Å²) in [6.45, 7) is 3.61. The van der Waals surface area contributed by atoms with Gasteiger partial charge in [-0.25, -0.2) is 0 Å². The van der Waals surface area contributed by atoms with Crippen LogP contribution in [0.1, 0.15) is 33.1 Å². The predicted molar refractivity (Wildman–Crippen MR) is 42.0 cm³/mol. The predicted octanol–water partition coefficient (Wildman–Crippen LogP) is 1.20. The van der Waals surface area contributed by atoms with Crippen LogP contribution in [0.15, 0.2) is 0 Å². The Labute approximate surface area is 66.4 Å². The van der Waals surface area contributed by atoms with E-state index in [1.807, 2.05) is 6.92 Å². The average Bonchev–Trinajstić information content (AvgIpc) is 1.88. The van der Waals surface area contributed by atoms with Crippen molar-refractivity contribution in [3.8, 4) is 0 Å². The van der Waals surface area contributed by atoms with Crippen molar-refractivity contribution in [1.29, 1.82) is 0 Å². The highest BCUT2D eigenvalue weighted by Crippen LogP contribution is 2.08. The highest BCUT2D eigenvalue weighted by Gasteiger charge is 2.26. The maximum absolute atomic E-state index is 10.3. The topological polar surface area (TPSA) is 63.4 Å². The SMILES string of the molecule is CCC[C@H](O)[C@H](CC)[N+](=O)[O-]. The summed E-state index contributed by atoms with van der Waals surface area (Å²) < 4.78 is 0. The van der Waals surface area contributed by atoms with Gasteiger partial charge in [0.05, 0.1) is 0 Å². The van der Waals surface area contributed by atoms with Crippen LogP contribution >= 0.6 is 0 Å². The van der Waals surface area contributed by atoms with Crippen LogP contribution in [-0.4, -0.2) is 22.2 Å². The smallest absolute Gasteiger partial charge is 0.238 e. The van der Waals surface area contributed by atoms with Gasteiger partial charge in [0.1, 0.15) is 6.10 Å². The first kappa shape index (κ1) is 10.4. The number of nitrogens with zero attached hydrogens (tertiary/aromatic N) is 1. The van der Waals surface area contributed by atoms with Gasteiger partial charge in [-0.1, -0.05) is 20.3 Å². The Morgan fingerprint density at radius 1 is 1.55 bits per heavy atom. The van der Waals surface area contributed by atoms with Crippen LogP contribution in [0.4, 0.5) is 0 Å². The molecule has 0 aliphatic carbocycles. The molecular formula is C7H15NO3. The fraction of sp³-hybridized carbons (Fsp3) is 1.00. The third-order valence-corrected chi connectivity index (χ3v) is 1.72. The maximum atomic E-state index is 10.3. The summed E-state index contributed by atoms with van der Waals surface area (Å²) >= 11 is 0. The van der Waals surface area contributed by atoms with Crippen molar-refractivity contribution < 1.29 is 10.0 Å². The zero-order valence-electron chi connectivity index (χ0n) is 6.99. The van der Waals surface area contributed by atoms with Crippen LogP contribution in [0.3, 0.4) is 0 Å². The molecule has 0 bridgehead atoms. The molecule has 0 fully saturated rings. The van der Waals surface area contributed by atoms with Crippen LogP contribution in [0.2, 0.25) is 0 Å². The lowest BCUT2D eigenvalue weighted by molar-refractivity contribution is -0.534. The van der Waals surface area contributed by atoms with Crippen molar-refractivity contribution in [1.82, 2.24) is 0 Å². The molecule has 0 saturated heterocycles. The van der Waals surface area contributed by atoms with E-state index in [1.54, 1.807) is 6.92 Å². The lowest BCUT2D eigenvalue weighted by atomic mass is 10.1. The van der Waals surface area contributed by atoms with Gasteiger partial charge >= 0.3 is 0 Å². The van der Waals surface area contributed by atoms with Gasteiger partial charge in [-0.05, 0) is 6.42 Å². The number of aliphatic hydroxyl groups excluding tert-OH is 1. The number of nitro groups is 1. The molecule has 0 saturated carbocycles.